The predicted octanol–water partition coefficient (Wildman–Crippen LogP) is 4.88. The molecule has 0 N–H and O–H groups in total. The van der Waals surface area contributed by atoms with Crippen LogP contribution < -0.4 is 0 Å². The van der Waals surface area contributed by atoms with Gasteiger partial charge < -0.3 is 0 Å². The van der Waals surface area contributed by atoms with E-state index < -0.39 is 9.93 Å². The lowest BCUT2D eigenvalue weighted by atomic mass is 9.87. The first kappa shape index (κ1) is 18.0. The molecule has 0 amide bonds. The molecule has 0 spiro atoms. The van der Waals surface area contributed by atoms with Crippen LogP contribution in [0.3, 0.4) is 0 Å². The largest absolute Gasteiger partial charge is 0.274 e. The number of nitrogens with zero attached hydrogens (tertiary/aromatic N) is 2. The van der Waals surface area contributed by atoms with Crippen molar-refractivity contribution in [2.24, 2.45) is 0 Å². The molecule has 25 heavy (non-hydrogen) atoms. The van der Waals surface area contributed by atoms with Crippen molar-refractivity contribution in [2.45, 2.75) is 42.3 Å². The van der Waals surface area contributed by atoms with Gasteiger partial charge in [0.25, 0.3) is 0 Å². The van der Waals surface area contributed by atoms with Crippen molar-refractivity contribution in [3.05, 3.63) is 59.7 Å². The Labute approximate surface area is 154 Å². The van der Waals surface area contributed by atoms with Crippen LogP contribution in [-0.2, 0) is 15.3 Å². The number of aryl methyl sites for hydroxylation is 1. The standard InChI is InChI=1S/C20H24N2OS2/c1-14-6-12-17(13-7-14)25(5,23)19-21-18(22-24-19)15-8-10-16(11-9-15)20(2,3)4/h6-13,25H,1-5H3. The van der Waals surface area contributed by atoms with Crippen LogP contribution in [0.25, 0.3) is 11.4 Å². The molecule has 5 heteroatoms. The molecule has 132 valence electrons. The molecular formula is C20H24N2OS2. The molecule has 1 aromatic heterocycles. The van der Waals surface area contributed by atoms with Gasteiger partial charge in [0.1, 0.15) is 0 Å². The summed E-state index contributed by atoms with van der Waals surface area (Å²) in [6.07, 6.45) is 1.77. The second-order valence-corrected chi connectivity index (χ2v) is 11.3. The van der Waals surface area contributed by atoms with Crippen LogP contribution in [0.5, 0.6) is 0 Å². The van der Waals surface area contributed by atoms with E-state index in [0.717, 1.165) is 16.0 Å². The van der Waals surface area contributed by atoms with Crippen LogP contribution in [0.2, 0.25) is 0 Å². The van der Waals surface area contributed by atoms with Gasteiger partial charge in [0, 0.05) is 10.5 Å². The van der Waals surface area contributed by atoms with Crippen LogP contribution in [0.4, 0.5) is 0 Å². The fourth-order valence-corrected chi connectivity index (χ4v) is 5.29. The molecule has 0 bridgehead atoms. The summed E-state index contributed by atoms with van der Waals surface area (Å²) < 4.78 is 18.3. The molecule has 2 aromatic carbocycles. The Morgan fingerprint density at radius 1 is 0.960 bits per heavy atom. The van der Waals surface area contributed by atoms with Gasteiger partial charge in [0.15, 0.2) is 10.2 Å². The molecule has 0 fully saturated rings. The van der Waals surface area contributed by atoms with Gasteiger partial charge in [-0.15, -0.1) is 0 Å². The van der Waals surface area contributed by atoms with Gasteiger partial charge in [-0.3, -0.25) is 4.21 Å². The predicted molar refractivity (Wildman–Crippen MR) is 107 cm³/mol. The Bertz CT molecular complexity index is 920. The lowest BCUT2D eigenvalue weighted by Gasteiger charge is -2.18. The lowest BCUT2D eigenvalue weighted by molar-refractivity contribution is 0.590. The summed E-state index contributed by atoms with van der Waals surface area (Å²) in [6, 6.07) is 16.1. The van der Waals surface area contributed by atoms with Crippen molar-refractivity contribution in [2.75, 3.05) is 6.26 Å². The molecule has 3 rings (SSSR count). The summed E-state index contributed by atoms with van der Waals surface area (Å²) in [6.45, 7) is 8.59. The highest BCUT2D eigenvalue weighted by molar-refractivity contribution is 8.03. The zero-order valence-electron chi connectivity index (χ0n) is 15.3. The highest BCUT2D eigenvalue weighted by Gasteiger charge is 2.21. The average Bonchev–Trinajstić information content (AvgIpc) is 3.05. The maximum absolute atomic E-state index is 13.3. The summed E-state index contributed by atoms with van der Waals surface area (Å²) in [5, 5.41) is 0. The first-order valence-corrected chi connectivity index (χ1v) is 11.2. The van der Waals surface area contributed by atoms with E-state index in [4.69, 9.17) is 0 Å². The molecule has 3 nitrogen and oxygen atoms in total. The molecule has 3 aromatic rings. The molecule has 0 atom stereocenters. The maximum atomic E-state index is 13.3. The average molecular weight is 373 g/mol. The minimum absolute atomic E-state index is 0.115. The second kappa shape index (κ2) is 6.46. The molecule has 0 aliphatic heterocycles. The summed E-state index contributed by atoms with van der Waals surface area (Å²) in [7, 11) is -2.71. The highest BCUT2D eigenvalue weighted by atomic mass is 32.3. The van der Waals surface area contributed by atoms with Gasteiger partial charge in [-0.25, -0.2) is 4.98 Å². The zero-order valence-corrected chi connectivity index (χ0v) is 17.0. The van der Waals surface area contributed by atoms with E-state index in [9.17, 15) is 4.21 Å². The Hall–Kier alpha value is -1.85. The van der Waals surface area contributed by atoms with E-state index in [-0.39, 0.29) is 5.41 Å². The molecule has 0 aliphatic rings. The van der Waals surface area contributed by atoms with E-state index in [0.29, 0.717) is 10.2 Å². The number of thiol groups is 1. The van der Waals surface area contributed by atoms with Crippen molar-refractivity contribution >= 4 is 21.5 Å². The van der Waals surface area contributed by atoms with Crippen LogP contribution >= 0.6 is 11.5 Å². The van der Waals surface area contributed by atoms with Gasteiger partial charge >= 0.3 is 0 Å². The van der Waals surface area contributed by atoms with Crippen LogP contribution in [-0.4, -0.2) is 19.8 Å². The van der Waals surface area contributed by atoms with Crippen molar-refractivity contribution in [3.63, 3.8) is 0 Å². The van der Waals surface area contributed by atoms with E-state index >= 15 is 0 Å². The SMILES string of the molecule is Cc1ccc([SH](C)(=O)c2nc(-c3ccc(C(C)(C)C)cc3)ns2)cc1. The second-order valence-electron chi connectivity index (χ2n) is 7.49. The van der Waals surface area contributed by atoms with Gasteiger partial charge in [0.2, 0.25) is 0 Å². The van der Waals surface area contributed by atoms with Gasteiger partial charge in [-0.05, 0) is 57.8 Å². The van der Waals surface area contributed by atoms with Crippen LogP contribution in [0, 0.1) is 6.92 Å². The Kier molecular flexibility index (Phi) is 4.64. The van der Waals surface area contributed by atoms with Crippen LogP contribution in [0.15, 0.2) is 57.8 Å². The van der Waals surface area contributed by atoms with Crippen molar-refractivity contribution in [3.8, 4) is 11.4 Å². The normalized spacial score (nSPS) is 13.0. The minimum Gasteiger partial charge on any atom is -0.274 e. The van der Waals surface area contributed by atoms with Crippen molar-refractivity contribution in [1.29, 1.82) is 0 Å². The monoisotopic (exact) mass is 372 g/mol. The molecule has 0 saturated heterocycles. The Balaban J connectivity index is 1.92. The topological polar surface area (TPSA) is 42.9 Å². The highest BCUT2D eigenvalue weighted by Crippen LogP contribution is 2.31. The van der Waals surface area contributed by atoms with E-state index in [1.807, 2.05) is 43.3 Å². The minimum atomic E-state index is -2.71. The van der Waals surface area contributed by atoms with Crippen molar-refractivity contribution < 1.29 is 4.21 Å². The third kappa shape index (κ3) is 3.72. The fraction of sp³-hybridized carbons (Fsp3) is 0.300. The molecule has 0 unspecified atom stereocenters. The number of hydrogen-bond acceptors (Lipinski definition) is 4. The number of aromatic nitrogens is 2. The smallest absolute Gasteiger partial charge is 0.181 e. The van der Waals surface area contributed by atoms with E-state index in [1.54, 1.807) is 6.26 Å². The van der Waals surface area contributed by atoms with E-state index in [2.05, 4.69) is 42.3 Å². The zero-order chi connectivity index (χ0) is 18.2. The third-order valence-electron chi connectivity index (χ3n) is 4.32. The van der Waals surface area contributed by atoms with Crippen molar-refractivity contribution in [1.82, 2.24) is 9.36 Å². The summed E-state index contributed by atoms with van der Waals surface area (Å²) >= 11 is 1.24. The Morgan fingerprint density at radius 2 is 1.56 bits per heavy atom. The maximum Gasteiger partial charge on any atom is 0.181 e. The quantitative estimate of drug-likeness (QED) is 0.667. The van der Waals surface area contributed by atoms with Gasteiger partial charge in [-0.1, -0.05) is 62.7 Å². The summed E-state index contributed by atoms with van der Waals surface area (Å²) in [5.41, 5.74) is 3.50. The van der Waals surface area contributed by atoms with Gasteiger partial charge in [-0.2, -0.15) is 4.37 Å². The van der Waals surface area contributed by atoms with Crippen LogP contribution in [0.1, 0.15) is 31.9 Å². The first-order valence-electron chi connectivity index (χ1n) is 8.28. The molecule has 0 radical (unpaired) electrons. The number of rotatable bonds is 3. The molecule has 0 saturated carbocycles. The fourth-order valence-electron chi connectivity index (χ4n) is 2.57. The molecule has 1 heterocycles. The molecule has 0 aliphatic carbocycles. The third-order valence-corrected chi connectivity index (χ3v) is 8.24. The lowest BCUT2D eigenvalue weighted by Crippen LogP contribution is -2.10. The van der Waals surface area contributed by atoms with E-state index in [1.165, 1.54) is 17.1 Å². The summed E-state index contributed by atoms with van der Waals surface area (Å²) in [4.78, 5) is 5.41. The van der Waals surface area contributed by atoms with Gasteiger partial charge in [0.05, 0.1) is 0 Å². The molecular weight excluding hydrogens is 348 g/mol. The first-order chi connectivity index (χ1) is 11.7. The Morgan fingerprint density at radius 3 is 2.12 bits per heavy atom. The summed E-state index contributed by atoms with van der Waals surface area (Å²) in [5.74, 6) is 0.648. The number of hydrogen-bond donors (Lipinski definition) is 1. The number of benzene rings is 2.